The first-order valence-corrected chi connectivity index (χ1v) is 4.77. The Morgan fingerprint density at radius 1 is 1.50 bits per heavy atom. The molecule has 0 radical (unpaired) electrons. The quantitative estimate of drug-likeness (QED) is 0.584. The Hall–Kier alpha value is -1.22. The highest BCUT2D eigenvalue weighted by Crippen LogP contribution is 2.10. The van der Waals surface area contributed by atoms with Crippen LogP contribution in [0.3, 0.4) is 0 Å². The van der Waals surface area contributed by atoms with E-state index in [2.05, 4.69) is 5.32 Å². The Labute approximate surface area is 88.2 Å². The molecule has 0 aromatic heterocycles. The summed E-state index contributed by atoms with van der Waals surface area (Å²) in [5.41, 5.74) is 7.24. The summed E-state index contributed by atoms with van der Waals surface area (Å²) in [5.74, 6) is -0.163. The minimum Gasteiger partial charge on any atom is -0.399 e. The minimum atomic E-state index is -0.524. The Bertz CT molecular complexity index is 310. The Morgan fingerprint density at radius 2 is 2.07 bits per heavy atom. The van der Waals surface area contributed by atoms with Crippen LogP contribution in [0.4, 0.5) is 5.69 Å². The predicted molar refractivity (Wildman–Crippen MR) is 58.3 cm³/mol. The maximum Gasteiger partial charge on any atom is 0.238 e. The first-order chi connectivity index (χ1) is 6.63. The van der Waals surface area contributed by atoms with Crippen molar-refractivity contribution >= 4 is 23.2 Å². The second-order valence-corrected chi connectivity index (χ2v) is 3.55. The van der Waals surface area contributed by atoms with Gasteiger partial charge in [-0.25, -0.2) is 0 Å². The number of nitrogens with two attached hydrogens (primary N) is 1. The number of nitrogen functional groups attached to an aromatic ring is 1. The number of benzene rings is 1. The molecule has 3 N–H and O–H groups in total. The highest BCUT2D eigenvalue weighted by molar-refractivity contribution is 6.30. The third-order valence-electron chi connectivity index (χ3n) is 1.93. The first kappa shape index (κ1) is 10.9. The molecule has 0 bridgehead atoms. The molecule has 0 aliphatic rings. The van der Waals surface area contributed by atoms with Crippen molar-refractivity contribution in [1.82, 2.24) is 5.32 Å². The Kier molecular flexibility index (Phi) is 3.77. The third kappa shape index (κ3) is 2.92. The average molecular weight is 213 g/mol. The molecule has 1 aromatic carbocycles. The summed E-state index contributed by atoms with van der Waals surface area (Å²) in [6.45, 7) is 0. The van der Waals surface area contributed by atoms with Gasteiger partial charge in [-0.3, -0.25) is 4.79 Å². The van der Waals surface area contributed by atoms with Crippen LogP contribution in [0.2, 0.25) is 0 Å². The van der Waals surface area contributed by atoms with E-state index >= 15 is 0 Å². The molecule has 1 atom stereocenters. The molecule has 0 aliphatic carbocycles. The molecule has 0 aliphatic heterocycles. The lowest BCUT2D eigenvalue weighted by Crippen LogP contribution is -2.29. The maximum absolute atomic E-state index is 11.1. The second kappa shape index (κ2) is 4.86. The van der Waals surface area contributed by atoms with Gasteiger partial charge in [0.2, 0.25) is 5.91 Å². The lowest BCUT2D eigenvalue weighted by Gasteiger charge is -2.07. The van der Waals surface area contributed by atoms with Crippen LogP contribution in [0.1, 0.15) is 5.56 Å². The first-order valence-electron chi connectivity index (χ1n) is 4.33. The van der Waals surface area contributed by atoms with Gasteiger partial charge in [0.15, 0.2) is 0 Å². The fraction of sp³-hybridized carbons (Fsp3) is 0.300. The summed E-state index contributed by atoms with van der Waals surface area (Å²) in [6.07, 6.45) is 0.515. The van der Waals surface area contributed by atoms with Gasteiger partial charge in [-0.15, -0.1) is 11.6 Å². The van der Waals surface area contributed by atoms with Crippen LogP contribution in [0, 0.1) is 0 Å². The van der Waals surface area contributed by atoms with Crippen molar-refractivity contribution in [3.63, 3.8) is 0 Å². The second-order valence-electron chi connectivity index (χ2n) is 3.03. The monoisotopic (exact) mass is 212 g/mol. The number of amides is 1. The fourth-order valence-electron chi connectivity index (χ4n) is 1.11. The highest BCUT2D eigenvalue weighted by Gasteiger charge is 2.13. The molecule has 14 heavy (non-hydrogen) atoms. The molecule has 1 aromatic rings. The summed E-state index contributed by atoms with van der Waals surface area (Å²) >= 11 is 5.86. The molecule has 1 amide bonds. The molecule has 4 heteroatoms. The van der Waals surface area contributed by atoms with E-state index in [0.29, 0.717) is 12.1 Å². The molecular weight excluding hydrogens is 200 g/mol. The number of hydrogen-bond donors (Lipinski definition) is 2. The van der Waals surface area contributed by atoms with Gasteiger partial charge >= 0.3 is 0 Å². The molecule has 76 valence electrons. The number of rotatable bonds is 3. The Morgan fingerprint density at radius 3 is 2.57 bits per heavy atom. The fourth-order valence-corrected chi connectivity index (χ4v) is 1.40. The van der Waals surface area contributed by atoms with Crippen LogP contribution in [-0.2, 0) is 11.2 Å². The summed E-state index contributed by atoms with van der Waals surface area (Å²) in [6, 6.07) is 7.33. The van der Waals surface area contributed by atoms with Gasteiger partial charge in [0, 0.05) is 12.7 Å². The molecule has 0 saturated carbocycles. The zero-order chi connectivity index (χ0) is 10.6. The van der Waals surface area contributed by atoms with Gasteiger partial charge in [0.25, 0.3) is 0 Å². The van der Waals surface area contributed by atoms with E-state index < -0.39 is 5.38 Å². The number of hydrogen-bond acceptors (Lipinski definition) is 2. The smallest absolute Gasteiger partial charge is 0.238 e. The number of carbonyl (C=O) groups excluding carboxylic acids is 1. The molecule has 3 nitrogen and oxygen atoms in total. The van der Waals surface area contributed by atoms with Crippen molar-refractivity contribution in [3.05, 3.63) is 29.8 Å². The van der Waals surface area contributed by atoms with Crippen LogP contribution in [0.5, 0.6) is 0 Å². The zero-order valence-electron chi connectivity index (χ0n) is 7.96. The number of nitrogens with one attached hydrogen (secondary N) is 1. The van der Waals surface area contributed by atoms with Gasteiger partial charge < -0.3 is 11.1 Å². The molecule has 0 fully saturated rings. The summed E-state index contributed by atoms with van der Waals surface area (Å²) < 4.78 is 0. The number of alkyl halides is 1. The SMILES string of the molecule is CNC(=O)C(Cl)Cc1ccc(N)cc1. The van der Waals surface area contributed by atoms with E-state index in [9.17, 15) is 4.79 Å². The lowest BCUT2D eigenvalue weighted by atomic mass is 10.1. The van der Waals surface area contributed by atoms with Crippen LogP contribution < -0.4 is 11.1 Å². The van der Waals surface area contributed by atoms with Crippen molar-refractivity contribution in [1.29, 1.82) is 0 Å². The summed E-state index contributed by atoms with van der Waals surface area (Å²) in [7, 11) is 1.57. The minimum absolute atomic E-state index is 0.163. The average Bonchev–Trinajstić information content (AvgIpc) is 2.20. The van der Waals surface area contributed by atoms with Gasteiger partial charge in [0.05, 0.1) is 0 Å². The Balaban J connectivity index is 2.60. The van der Waals surface area contributed by atoms with E-state index in [4.69, 9.17) is 17.3 Å². The van der Waals surface area contributed by atoms with Crippen molar-refractivity contribution in [3.8, 4) is 0 Å². The molecular formula is C10H13ClN2O. The molecule has 0 saturated heterocycles. The van der Waals surface area contributed by atoms with Crippen LogP contribution in [-0.4, -0.2) is 18.3 Å². The van der Waals surface area contributed by atoms with Gasteiger partial charge in [-0.05, 0) is 24.1 Å². The van der Waals surface area contributed by atoms with Crippen molar-refractivity contribution in [2.24, 2.45) is 0 Å². The van der Waals surface area contributed by atoms with Gasteiger partial charge in [-0.1, -0.05) is 12.1 Å². The van der Waals surface area contributed by atoms with E-state index in [0.717, 1.165) is 5.56 Å². The molecule has 1 unspecified atom stereocenters. The van der Waals surface area contributed by atoms with Crippen molar-refractivity contribution in [2.45, 2.75) is 11.8 Å². The predicted octanol–water partition coefficient (Wildman–Crippen LogP) is 1.16. The maximum atomic E-state index is 11.1. The largest absolute Gasteiger partial charge is 0.399 e. The van der Waals surface area contributed by atoms with Crippen molar-refractivity contribution in [2.75, 3.05) is 12.8 Å². The van der Waals surface area contributed by atoms with E-state index in [1.807, 2.05) is 12.1 Å². The van der Waals surface area contributed by atoms with Crippen molar-refractivity contribution < 1.29 is 4.79 Å². The summed E-state index contributed by atoms with van der Waals surface area (Å²) in [5, 5.41) is 1.98. The number of anilines is 1. The van der Waals surface area contributed by atoms with E-state index in [1.165, 1.54) is 0 Å². The van der Waals surface area contributed by atoms with Gasteiger partial charge in [-0.2, -0.15) is 0 Å². The van der Waals surface area contributed by atoms with Crippen LogP contribution in [0.25, 0.3) is 0 Å². The highest BCUT2D eigenvalue weighted by atomic mass is 35.5. The lowest BCUT2D eigenvalue weighted by molar-refractivity contribution is -0.120. The van der Waals surface area contributed by atoms with E-state index in [-0.39, 0.29) is 5.91 Å². The van der Waals surface area contributed by atoms with Gasteiger partial charge in [0.1, 0.15) is 5.38 Å². The number of carbonyl (C=O) groups is 1. The number of halogens is 1. The molecule has 0 heterocycles. The third-order valence-corrected chi connectivity index (χ3v) is 2.28. The topological polar surface area (TPSA) is 55.1 Å². The normalized spacial score (nSPS) is 12.1. The molecule has 1 rings (SSSR count). The molecule has 0 spiro atoms. The standard InChI is InChI=1S/C10H13ClN2O/c1-13-10(14)9(11)6-7-2-4-8(12)5-3-7/h2-5,9H,6,12H2,1H3,(H,13,14). The van der Waals surface area contributed by atoms with Crippen LogP contribution >= 0.6 is 11.6 Å². The zero-order valence-corrected chi connectivity index (χ0v) is 8.71. The summed E-state index contributed by atoms with van der Waals surface area (Å²) in [4.78, 5) is 11.1. The van der Waals surface area contributed by atoms with Crippen LogP contribution in [0.15, 0.2) is 24.3 Å². The van der Waals surface area contributed by atoms with E-state index in [1.54, 1.807) is 19.2 Å².